The molecule has 1 rings (SSSR count). The van der Waals surface area contributed by atoms with Gasteiger partial charge in [-0.3, -0.25) is 0 Å². The summed E-state index contributed by atoms with van der Waals surface area (Å²) in [5.74, 6) is -0.194. The smallest absolute Gasteiger partial charge is 0.149 e. The average Bonchev–Trinajstić information content (AvgIpc) is 2.18. The van der Waals surface area contributed by atoms with Crippen molar-refractivity contribution in [3.63, 3.8) is 0 Å². The van der Waals surface area contributed by atoms with Gasteiger partial charge in [0.25, 0.3) is 0 Å². The van der Waals surface area contributed by atoms with E-state index in [1.165, 1.54) is 26.2 Å². The molecular weight excluding hydrogens is 188 g/mol. The summed E-state index contributed by atoms with van der Waals surface area (Å²) in [4.78, 5) is 0. The van der Waals surface area contributed by atoms with E-state index >= 15 is 0 Å². The summed E-state index contributed by atoms with van der Waals surface area (Å²) in [7, 11) is 1.41. The summed E-state index contributed by atoms with van der Waals surface area (Å²) in [5.41, 5.74) is 3.63. The first-order valence-corrected chi connectivity index (χ1v) is 4.24. The van der Waals surface area contributed by atoms with Crippen LogP contribution >= 0.6 is 0 Å². The van der Waals surface area contributed by atoms with Gasteiger partial charge in [-0.1, -0.05) is 0 Å². The number of hydrogen-bond acceptors (Lipinski definition) is 2. The van der Waals surface area contributed by atoms with E-state index in [9.17, 15) is 8.78 Å². The van der Waals surface area contributed by atoms with Gasteiger partial charge in [0.2, 0.25) is 0 Å². The monoisotopic (exact) mass is 201 g/mol. The Morgan fingerprint density at radius 1 is 1.50 bits per heavy atom. The van der Waals surface area contributed by atoms with Gasteiger partial charge in [0, 0.05) is 12.1 Å². The lowest BCUT2D eigenvalue weighted by Gasteiger charge is -2.21. The quantitative estimate of drug-likeness (QED) is 0.811. The molecule has 0 saturated heterocycles. The molecule has 1 atom stereocenters. The number of ether oxygens (including phenoxy) is 1. The van der Waals surface area contributed by atoms with Crippen molar-refractivity contribution in [3.8, 4) is 5.75 Å². The van der Waals surface area contributed by atoms with Crippen molar-refractivity contribution in [2.45, 2.75) is 12.6 Å². The zero-order valence-electron chi connectivity index (χ0n) is 8.18. The van der Waals surface area contributed by atoms with Crippen molar-refractivity contribution in [1.82, 2.24) is 0 Å². The molecule has 0 aliphatic rings. The minimum Gasteiger partial charge on any atom is -0.496 e. The van der Waals surface area contributed by atoms with Gasteiger partial charge in [-0.05, 0) is 25.1 Å². The van der Waals surface area contributed by atoms with Gasteiger partial charge in [-0.2, -0.15) is 0 Å². The molecule has 1 aromatic rings. The third kappa shape index (κ3) is 2.01. The zero-order chi connectivity index (χ0) is 10.8. The van der Waals surface area contributed by atoms with Crippen LogP contribution in [0.2, 0.25) is 0 Å². The minimum absolute atomic E-state index is 0.141. The summed E-state index contributed by atoms with van der Waals surface area (Å²) in [5, 5.41) is 0. The molecule has 0 radical (unpaired) electrons. The van der Waals surface area contributed by atoms with Crippen LogP contribution in [0.5, 0.6) is 5.75 Å². The molecule has 2 N–H and O–H groups in total. The third-order valence-electron chi connectivity index (χ3n) is 2.11. The van der Waals surface area contributed by atoms with Crippen LogP contribution in [0.4, 0.5) is 8.78 Å². The van der Waals surface area contributed by atoms with E-state index in [1.807, 2.05) is 0 Å². The standard InChI is InChI=1S/C10H13F2NO/c1-10(12,6-13)8-5-7(11)3-4-9(8)14-2/h3-5H,6,13H2,1-2H3. The lowest BCUT2D eigenvalue weighted by Crippen LogP contribution is -2.27. The maximum atomic E-state index is 13.8. The number of benzene rings is 1. The van der Waals surface area contributed by atoms with Crippen molar-refractivity contribution < 1.29 is 13.5 Å². The van der Waals surface area contributed by atoms with Crippen LogP contribution in [0.3, 0.4) is 0 Å². The summed E-state index contributed by atoms with van der Waals surface area (Å²) >= 11 is 0. The van der Waals surface area contributed by atoms with Gasteiger partial charge in [-0.25, -0.2) is 8.78 Å². The van der Waals surface area contributed by atoms with Crippen LogP contribution in [-0.2, 0) is 5.67 Å². The Balaban J connectivity index is 3.23. The van der Waals surface area contributed by atoms with Gasteiger partial charge in [0.1, 0.15) is 17.2 Å². The second kappa shape index (κ2) is 3.92. The molecule has 0 aromatic heterocycles. The van der Waals surface area contributed by atoms with Crippen LogP contribution in [0.15, 0.2) is 18.2 Å². The number of nitrogens with two attached hydrogens (primary N) is 1. The lowest BCUT2D eigenvalue weighted by molar-refractivity contribution is 0.196. The van der Waals surface area contributed by atoms with E-state index in [-0.39, 0.29) is 12.1 Å². The predicted octanol–water partition coefficient (Wildman–Crippen LogP) is 1.98. The number of hydrogen-bond donors (Lipinski definition) is 1. The molecule has 2 nitrogen and oxygen atoms in total. The van der Waals surface area contributed by atoms with Crippen LogP contribution in [0, 0.1) is 5.82 Å². The molecule has 1 aromatic carbocycles. The number of halogens is 2. The molecule has 0 aliphatic heterocycles. The van der Waals surface area contributed by atoms with Crippen molar-refractivity contribution in [2.75, 3.05) is 13.7 Å². The normalized spacial score (nSPS) is 14.9. The molecule has 0 heterocycles. The molecule has 14 heavy (non-hydrogen) atoms. The van der Waals surface area contributed by atoms with Crippen molar-refractivity contribution in [3.05, 3.63) is 29.6 Å². The highest BCUT2D eigenvalue weighted by Crippen LogP contribution is 2.32. The van der Waals surface area contributed by atoms with Crippen molar-refractivity contribution in [1.29, 1.82) is 0 Å². The zero-order valence-corrected chi connectivity index (χ0v) is 8.18. The fourth-order valence-electron chi connectivity index (χ4n) is 1.20. The second-order valence-electron chi connectivity index (χ2n) is 3.25. The number of methoxy groups -OCH3 is 1. The van der Waals surface area contributed by atoms with Crippen LogP contribution < -0.4 is 10.5 Å². The van der Waals surface area contributed by atoms with Crippen molar-refractivity contribution >= 4 is 0 Å². The van der Waals surface area contributed by atoms with E-state index in [2.05, 4.69) is 0 Å². The molecule has 0 aliphatic carbocycles. The number of rotatable bonds is 3. The maximum Gasteiger partial charge on any atom is 0.149 e. The first kappa shape index (κ1) is 10.9. The SMILES string of the molecule is COc1ccc(F)cc1C(C)(F)CN. The summed E-state index contributed by atoms with van der Waals surface area (Å²) in [6, 6.07) is 3.71. The molecule has 4 heteroatoms. The van der Waals surface area contributed by atoms with Crippen LogP contribution in [0.25, 0.3) is 0 Å². The first-order valence-electron chi connectivity index (χ1n) is 4.24. The van der Waals surface area contributed by atoms with E-state index in [0.29, 0.717) is 5.75 Å². The molecular formula is C10H13F2NO. The van der Waals surface area contributed by atoms with E-state index in [0.717, 1.165) is 6.07 Å². The molecule has 0 spiro atoms. The Labute approximate surface area is 81.7 Å². The molecule has 0 amide bonds. The Morgan fingerprint density at radius 2 is 2.14 bits per heavy atom. The second-order valence-corrected chi connectivity index (χ2v) is 3.25. The number of alkyl halides is 1. The van der Waals surface area contributed by atoms with Crippen LogP contribution in [-0.4, -0.2) is 13.7 Å². The fourth-order valence-corrected chi connectivity index (χ4v) is 1.20. The summed E-state index contributed by atoms with van der Waals surface area (Å²) < 4.78 is 31.6. The summed E-state index contributed by atoms with van der Waals surface area (Å²) in [6.07, 6.45) is 0. The molecule has 0 bridgehead atoms. The van der Waals surface area contributed by atoms with Gasteiger partial charge >= 0.3 is 0 Å². The van der Waals surface area contributed by atoms with Gasteiger partial charge in [0.15, 0.2) is 0 Å². The highest BCUT2D eigenvalue weighted by Gasteiger charge is 2.28. The maximum absolute atomic E-state index is 13.8. The molecule has 78 valence electrons. The molecule has 1 unspecified atom stereocenters. The molecule has 0 fully saturated rings. The Morgan fingerprint density at radius 3 is 2.64 bits per heavy atom. The van der Waals surface area contributed by atoms with E-state index < -0.39 is 11.5 Å². The predicted molar refractivity (Wildman–Crippen MR) is 50.5 cm³/mol. The van der Waals surface area contributed by atoms with Crippen molar-refractivity contribution in [2.24, 2.45) is 5.73 Å². The van der Waals surface area contributed by atoms with E-state index in [1.54, 1.807) is 0 Å². The Hall–Kier alpha value is -1.16. The Kier molecular flexibility index (Phi) is 3.06. The lowest BCUT2D eigenvalue weighted by atomic mass is 9.97. The Bertz CT molecular complexity index is 326. The fraction of sp³-hybridized carbons (Fsp3) is 0.400. The van der Waals surface area contributed by atoms with Gasteiger partial charge in [-0.15, -0.1) is 0 Å². The minimum atomic E-state index is -1.77. The first-order chi connectivity index (χ1) is 6.51. The highest BCUT2D eigenvalue weighted by molar-refractivity contribution is 5.38. The average molecular weight is 201 g/mol. The van der Waals surface area contributed by atoms with Gasteiger partial charge in [0.05, 0.1) is 7.11 Å². The largest absolute Gasteiger partial charge is 0.496 e. The highest BCUT2D eigenvalue weighted by atomic mass is 19.1. The van der Waals surface area contributed by atoms with E-state index in [4.69, 9.17) is 10.5 Å². The third-order valence-corrected chi connectivity index (χ3v) is 2.11. The molecule has 0 saturated carbocycles. The van der Waals surface area contributed by atoms with Gasteiger partial charge < -0.3 is 10.5 Å². The topological polar surface area (TPSA) is 35.2 Å². The summed E-state index contributed by atoms with van der Waals surface area (Å²) in [6.45, 7) is 1.08. The van der Waals surface area contributed by atoms with Crippen LogP contribution in [0.1, 0.15) is 12.5 Å².